The Labute approximate surface area is 86.8 Å². The third kappa shape index (κ3) is 1.63. The van der Waals surface area contributed by atoms with Gasteiger partial charge in [0.1, 0.15) is 0 Å². The van der Waals surface area contributed by atoms with E-state index in [0.29, 0.717) is 5.41 Å². The maximum atomic E-state index is 4.04. The van der Waals surface area contributed by atoms with Crippen molar-refractivity contribution in [2.45, 2.75) is 26.7 Å². The molecular weight excluding hydrogens is 170 g/mol. The summed E-state index contributed by atoms with van der Waals surface area (Å²) in [6.07, 6.45) is 4.68. The van der Waals surface area contributed by atoms with Gasteiger partial charge in [0.2, 0.25) is 0 Å². The Balaban J connectivity index is 2.25. The Morgan fingerprint density at radius 2 is 2.07 bits per heavy atom. The van der Waals surface area contributed by atoms with Gasteiger partial charge >= 0.3 is 0 Å². The maximum Gasteiger partial charge on any atom is 0.0426 e. The molecule has 0 N–H and O–H groups in total. The van der Waals surface area contributed by atoms with Gasteiger partial charge in [0.15, 0.2) is 0 Å². The number of allylic oxidation sites excluding steroid dienone is 2. The molecule has 0 aliphatic carbocycles. The van der Waals surface area contributed by atoms with Gasteiger partial charge in [-0.1, -0.05) is 27.0 Å². The van der Waals surface area contributed by atoms with Crippen molar-refractivity contribution in [1.82, 2.24) is 4.90 Å². The molecule has 14 heavy (non-hydrogen) atoms. The average Bonchev–Trinajstić information content (AvgIpc) is 2.07. The summed E-state index contributed by atoms with van der Waals surface area (Å²) in [6.45, 7) is 14.9. The average molecular weight is 189 g/mol. The minimum Gasteiger partial charge on any atom is -0.370 e. The maximum absolute atomic E-state index is 4.04. The van der Waals surface area contributed by atoms with Crippen molar-refractivity contribution in [2.24, 2.45) is 5.41 Å². The van der Waals surface area contributed by atoms with Crippen LogP contribution in [0.15, 0.2) is 36.1 Å². The van der Waals surface area contributed by atoms with Crippen molar-refractivity contribution in [3.05, 3.63) is 36.1 Å². The summed E-state index contributed by atoms with van der Waals surface area (Å²) in [5, 5.41) is 0. The Morgan fingerprint density at radius 1 is 1.36 bits per heavy atom. The van der Waals surface area contributed by atoms with Crippen molar-refractivity contribution in [1.29, 1.82) is 0 Å². The van der Waals surface area contributed by atoms with Crippen LogP contribution in [0.4, 0.5) is 0 Å². The molecular formula is C13H19N. The second kappa shape index (κ2) is 3.01. The lowest BCUT2D eigenvalue weighted by atomic mass is 9.79. The van der Waals surface area contributed by atoms with E-state index in [2.05, 4.69) is 38.0 Å². The molecule has 2 rings (SSSR count). The predicted octanol–water partition coefficient (Wildman–Crippen LogP) is 3.12. The summed E-state index contributed by atoms with van der Waals surface area (Å²) >= 11 is 0. The van der Waals surface area contributed by atoms with E-state index in [0.717, 1.165) is 12.1 Å². The fraction of sp³-hybridized carbons (Fsp3) is 0.538. The first-order valence-corrected chi connectivity index (χ1v) is 5.30. The zero-order valence-electron chi connectivity index (χ0n) is 9.27. The molecule has 1 saturated heterocycles. The Bertz CT molecular complexity index is 320. The molecule has 0 spiro atoms. The van der Waals surface area contributed by atoms with Gasteiger partial charge in [0.25, 0.3) is 0 Å². The Hall–Kier alpha value is -0.980. The SMILES string of the molecule is C=C1C=C2CC(C)(C)CCN2CC1=C. The van der Waals surface area contributed by atoms with Crippen LogP contribution >= 0.6 is 0 Å². The van der Waals surface area contributed by atoms with Gasteiger partial charge in [-0.15, -0.1) is 0 Å². The number of rotatable bonds is 0. The summed E-state index contributed by atoms with van der Waals surface area (Å²) < 4.78 is 0. The van der Waals surface area contributed by atoms with Crippen LogP contribution in [0, 0.1) is 5.41 Å². The highest BCUT2D eigenvalue weighted by atomic mass is 15.1. The molecule has 2 heterocycles. The summed E-state index contributed by atoms with van der Waals surface area (Å²) in [5.74, 6) is 0. The second-order valence-corrected chi connectivity index (χ2v) is 5.28. The highest BCUT2D eigenvalue weighted by Gasteiger charge is 2.30. The minimum atomic E-state index is 0.460. The van der Waals surface area contributed by atoms with Crippen LogP contribution in [-0.4, -0.2) is 18.0 Å². The Kier molecular flexibility index (Phi) is 2.06. The molecule has 0 bridgehead atoms. The van der Waals surface area contributed by atoms with Gasteiger partial charge in [0.05, 0.1) is 0 Å². The number of hydrogen-bond acceptors (Lipinski definition) is 1. The van der Waals surface area contributed by atoms with Crippen LogP contribution in [-0.2, 0) is 0 Å². The molecule has 0 saturated carbocycles. The highest BCUT2D eigenvalue weighted by Crippen LogP contribution is 2.38. The topological polar surface area (TPSA) is 3.24 Å². The molecule has 0 aromatic rings. The van der Waals surface area contributed by atoms with E-state index in [1.165, 1.54) is 30.7 Å². The van der Waals surface area contributed by atoms with E-state index < -0.39 is 0 Å². The molecule has 0 unspecified atom stereocenters. The van der Waals surface area contributed by atoms with Crippen LogP contribution in [0.2, 0.25) is 0 Å². The van der Waals surface area contributed by atoms with Crippen LogP contribution in [0.1, 0.15) is 26.7 Å². The fourth-order valence-electron chi connectivity index (χ4n) is 2.23. The van der Waals surface area contributed by atoms with Crippen LogP contribution < -0.4 is 0 Å². The largest absolute Gasteiger partial charge is 0.370 e. The van der Waals surface area contributed by atoms with E-state index in [9.17, 15) is 0 Å². The van der Waals surface area contributed by atoms with E-state index in [1.807, 2.05) is 0 Å². The molecule has 0 amide bonds. The first-order valence-electron chi connectivity index (χ1n) is 5.30. The zero-order chi connectivity index (χ0) is 10.3. The van der Waals surface area contributed by atoms with Crippen molar-refractivity contribution in [3.63, 3.8) is 0 Å². The van der Waals surface area contributed by atoms with Gasteiger partial charge in [-0.2, -0.15) is 0 Å². The van der Waals surface area contributed by atoms with Crippen LogP contribution in [0.25, 0.3) is 0 Å². The third-order valence-electron chi connectivity index (χ3n) is 3.30. The monoisotopic (exact) mass is 189 g/mol. The van der Waals surface area contributed by atoms with Crippen LogP contribution in [0.5, 0.6) is 0 Å². The minimum absolute atomic E-state index is 0.460. The van der Waals surface area contributed by atoms with Gasteiger partial charge in [-0.3, -0.25) is 0 Å². The Morgan fingerprint density at radius 3 is 2.79 bits per heavy atom. The molecule has 2 aliphatic rings. The predicted molar refractivity (Wildman–Crippen MR) is 61.0 cm³/mol. The molecule has 1 nitrogen and oxygen atoms in total. The van der Waals surface area contributed by atoms with Crippen molar-refractivity contribution in [2.75, 3.05) is 13.1 Å². The lowest BCUT2D eigenvalue weighted by Crippen LogP contribution is -2.38. The van der Waals surface area contributed by atoms with Crippen molar-refractivity contribution < 1.29 is 0 Å². The fourth-order valence-corrected chi connectivity index (χ4v) is 2.23. The van der Waals surface area contributed by atoms with E-state index in [-0.39, 0.29) is 0 Å². The molecule has 0 atom stereocenters. The molecule has 76 valence electrons. The standard InChI is InChI=1S/C13H19N/c1-10-7-12-8-13(3,4)5-6-14(12)9-11(10)2/h7H,1-2,5-6,8-9H2,3-4H3. The quantitative estimate of drug-likeness (QED) is 0.566. The number of fused-ring (bicyclic) bond motifs is 1. The van der Waals surface area contributed by atoms with E-state index in [1.54, 1.807) is 0 Å². The van der Waals surface area contributed by atoms with Gasteiger partial charge in [-0.25, -0.2) is 0 Å². The number of hydrogen-bond donors (Lipinski definition) is 0. The highest BCUT2D eigenvalue weighted by molar-refractivity contribution is 5.42. The first-order chi connectivity index (χ1) is 6.48. The van der Waals surface area contributed by atoms with Crippen LogP contribution in [0.3, 0.4) is 0 Å². The summed E-state index contributed by atoms with van der Waals surface area (Å²) in [5.41, 5.74) is 4.21. The zero-order valence-corrected chi connectivity index (χ0v) is 9.27. The summed E-state index contributed by atoms with van der Waals surface area (Å²) in [6, 6.07) is 0. The molecule has 1 heteroatoms. The molecule has 0 radical (unpaired) electrons. The summed E-state index contributed by atoms with van der Waals surface area (Å²) in [7, 11) is 0. The van der Waals surface area contributed by atoms with Crippen molar-refractivity contribution >= 4 is 0 Å². The number of piperidine rings is 1. The lowest BCUT2D eigenvalue weighted by Gasteiger charge is -2.43. The van der Waals surface area contributed by atoms with Gasteiger partial charge in [0, 0.05) is 18.8 Å². The molecule has 2 aliphatic heterocycles. The van der Waals surface area contributed by atoms with Gasteiger partial charge in [-0.05, 0) is 35.5 Å². The van der Waals surface area contributed by atoms with E-state index >= 15 is 0 Å². The molecule has 0 aromatic heterocycles. The smallest absolute Gasteiger partial charge is 0.0426 e. The number of nitrogens with zero attached hydrogens (tertiary/aromatic N) is 1. The summed E-state index contributed by atoms with van der Waals surface area (Å²) in [4.78, 5) is 2.45. The third-order valence-corrected chi connectivity index (χ3v) is 3.30. The molecule has 1 fully saturated rings. The first kappa shape index (κ1) is 9.57. The second-order valence-electron chi connectivity index (χ2n) is 5.28. The molecule has 0 aromatic carbocycles. The van der Waals surface area contributed by atoms with E-state index in [4.69, 9.17) is 0 Å². The van der Waals surface area contributed by atoms with Gasteiger partial charge < -0.3 is 4.90 Å². The van der Waals surface area contributed by atoms with Crippen molar-refractivity contribution in [3.8, 4) is 0 Å². The normalized spacial score (nSPS) is 25.9. The lowest BCUT2D eigenvalue weighted by molar-refractivity contribution is 0.187.